The van der Waals surface area contributed by atoms with Crippen LogP contribution in [0.3, 0.4) is 0 Å². The van der Waals surface area contributed by atoms with E-state index in [1.165, 1.54) is 24.3 Å². The molecule has 4 heterocycles. The molecule has 0 saturated carbocycles. The zero-order valence-corrected chi connectivity index (χ0v) is 19.1. The second kappa shape index (κ2) is 8.96. The maximum absolute atomic E-state index is 13.7. The molecule has 36 heavy (non-hydrogen) atoms. The predicted molar refractivity (Wildman–Crippen MR) is 124 cm³/mol. The van der Waals surface area contributed by atoms with Crippen molar-refractivity contribution in [3.05, 3.63) is 71.0 Å². The summed E-state index contributed by atoms with van der Waals surface area (Å²) in [5, 5.41) is 13.6. The molecule has 1 aliphatic heterocycles. The molecule has 0 N–H and O–H groups in total. The van der Waals surface area contributed by atoms with Crippen LogP contribution in [0, 0.1) is 18.3 Å². The predicted octanol–water partition coefficient (Wildman–Crippen LogP) is 4.45. The summed E-state index contributed by atoms with van der Waals surface area (Å²) >= 11 is 0. The molecule has 1 aliphatic rings. The molecule has 4 aromatic rings. The number of carbonyl (C=O) groups is 1. The molecule has 182 valence electrons. The van der Waals surface area contributed by atoms with Crippen molar-refractivity contribution in [1.82, 2.24) is 20.0 Å². The van der Waals surface area contributed by atoms with E-state index in [1.54, 1.807) is 30.2 Å². The molecule has 11 heteroatoms. The summed E-state index contributed by atoms with van der Waals surface area (Å²) in [7, 11) is 0. The second-order valence-corrected chi connectivity index (χ2v) is 8.31. The Balaban J connectivity index is 1.49. The van der Waals surface area contributed by atoms with Crippen LogP contribution in [0.1, 0.15) is 27.2 Å². The molecule has 1 fully saturated rings. The van der Waals surface area contributed by atoms with Crippen LogP contribution in [-0.4, -0.2) is 52.1 Å². The molecule has 0 atom stereocenters. The quantitative estimate of drug-likeness (QED) is 0.417. The molecule has 0 bridgehead atoms. The van der Waals surface area contributed by atoms with Gasteiger partial charge in [0.2, 0.25) is 0 Å². The van der Waals surface area contributed by atoms with Gasteiger partial charge in [-0.3, -0.25) is 4.79 Å². The first kappa shape index (κ1) is 23.3. The van der Waals surface area contributed by atoms with E-state index in [4.69, 9.17) is 4.52 Å². The van der Waals surface area contributed by atoms with E-state index in [-0.39, 0.29) is 28.4 Å². The minimum atomic E-state index is -4.60. The number of nitriles is 1. The lowest BCUT2D eigenvalue weighted by molar-refractivity contribution is -0.137. The van der Waals surface area contributed by atoms with Crippen LogP contribution in [0.4, 0.5) is 19.0 Å². The lowest BCUT2D eigenvalue weighted by Crippen LogP contribution is -2.49. The van der Waals surface area contributed by atoms with Gasteiger partial charge >= 0.3 is 6.18 Å². The third-order valence-electron chi connectivity index (χ3n) is 6.13. The molecule has 1 saturated heterocycles. The lowest BCUT2D eigenvalue weighted by Gasteiger charge is -2.35. The van der Waals surface area contributed by atoms with Gasteiger partial charge in [0.15, 0.2) is 0 Å². The van der Waals surface area contributed by atoms with Crippen LogP contribution < -0.4 is 4.90 Å². The number of piperazine rings is 1. The zero-order chi connectivity index (χ0) is 25.4. The van der Waals surface area contributed by atoms with Gasteiger partial charge in [0, 0.05) is 37.9 Å². The first-order chi connectivity index (χ1) is 17.3. The number of hydrogen-bond acceptors (Lipinski definition) is 7. The van der Waals surface area contributed by atoms with E-state index in [2.05, 4.69) is 21.2 Å². The van der Waals surface area contributed by atoms with E-state index in [0.29, 0.717) is 48.6 Å². The topological polar surface area (TPSA) is 99.2 Å². The summed E-state index contributed by atoms with van der Waals surface area (Å²) in [5.41, 5.74) is -0.00205. The monoisotopic (exact) mass is 492 g/mol. The first-order valence-corrected chi connectivity index (χ1v) is 11.1. The summed E-state index contributed by atoms with van der Waals surface area (Å²) in [6.07, 6.45) is -2.99. The largest absolute Gasteiger partial charge is 0.417 e. The Morgan fingerprint density at radius 3 is 2.58 bits per heavy atom. The summed E-state index contributed by atoms with van der Waals surface area (Å²) in [6.45, 7) is 3.21. The van der Waals surface area contributed by atoms with E-state index in [0.717, 1.165) is 6.07 Å². The lowest BCUT2D eigenvalue weighted by atomic mass is 10.00. The first-order valence-electron chi connectivity index (χ1n) is 11.1. The van der Waals surface area contributed by atoms with Crippen molar-refractivity contribution in [3.63, 3.8) is 0 Å². The SMILES string of the molecule is Cc1noc2nc(-c3ccccc3C(F)(F)F)cc(C(=O)N3CCN(c4ncccc4C#N)CC3)c12. The highest BCUT2D eigenvalue weighted by Crippen LogP contribution is 2.38. The number of aromatic nitrogens is 3. The second-order valence-electron chi connectivity index (χ2n) is 8.31. The number of anilines is 1. The molecule has 0 unspecified atom stereocenters. The Bertz CT molecular complexity index is 1500. The van der Waals surface area contributed by atoms with Gasteiger partial charge < -0.3 is 14.3 Å². The van der Waals surface area contributed by atoms with Crippen LogP contribution in [0.15, 0.2) is 53.2 Å². The maximum atomic E-state index is 13.7. The van der Waals surface area contributed by atoms with Gasteiger partial charge in [-0.25, -0.2) is 9.97 Å². The Kier molecular flexibility index (Phi) is 5.80. The Morgan fingerprint density at radius 1 is 1.11 bits per heavy atom. The van der Waals surface area contributed by atoms with Gasteiger partial charge in [0.25, 0.3) is 11.6 Å². The smallest absolute Gasteiger partial charge is 0.352 e. The summed E-state index contributed by atoms with van der Waals surface area (Å²) in [6, 6.07) is 11.9. The molecular formula is C25H19F3N6O2. The van der Waals surface area contributed by atoms with Crippen LogP contribution in [0.5, 0.6) is 0 Å². The highest BCUT2D eigenvalue weighted by Gasteiger charge is 2.34. The fourth-order valence-electron chi connectivity index (χ4n) is 4.38. The highest BCUT2D eigenvalue weighted by atomic mass is 19.4. The Morgan fingerprint density at radius 2 is 1.86 bits per heavy atom. The van der Waals surface area contributed by atoms with Crippen LogP contribution in [0.2, 0.25) is 0 Å². The van der Waals surface area contributed by atoms with Crippen LogP contribution in [0.25, 0.3) is 22.4 Å². The van der Waals surface area contributed by atoms with Crippen LogP contribution in [-0.2, 0) is 6.18 Å². The fourth-order valence-corrected chi connectivity index (χ4v) is 4.38. The molecule has 8 nitrogen and oxygen atoms in total. The van der Waals surface area contributed by atoms with Crippen LogP contribution >= 0.6 is 0 Å². The van der Waals surface area contributed by atoms with Crippen molar-refractivity contribution in [2.75, 3.05) is 31.1 Å². The number of amides is 1. The van der Waals surface area contributed by atoms with E-state index in [1.807, 2.05) is 4.90 Å². The highest BCUT2D eigenvalue weighted by molar-refractivity contribution is 6.07. The number of rotatable bonds is 3. The number of fused-ring (bicyclic) bond motifs is 1. The number of pyridine rings is 2. The Hall–Kier alpha value is -4.46. The fraction of sp³-hybridized carbons (Fsp3) is 0.240. The van der Waals surface area contributed by atoms with Gasteiger partial charge in [-0.15, -0.1) is 0 Å². The molecule has 5 rings (SSSR count). The summed E-state index contributed by atoms with van der Waals surface area (Å²) < 4.78 is 46.2. The van der Waals surface area contributed by atoms with Gasteiger partial charge in [-0.2, -0.15) is 18.4 Å². The third kappa shape index (κ3) is 4.11. The normalized spacial score (nSPS) is 14.2. The van der Waals surface area contributed by atoms with Crippen molar-refractivity contribution < 1.29 is 22.5 Å². The average Bonchev–Trinajstić information content (AvgIpc) is 3.28. The summed E-state index contributed by atoms with van der Waals surface area (Å²) in [5.74, 6) is 0.194. The van der Waals surface area contributed by atoms with Gasteiger partial charge in [-0.1, -0.05) is 23.4 Å². The van der Waals surface area contributed by atoms with E-state index in [9.17, 15) is 23.2 Å². The number of benzene rings is 1. The van der Waals surface area contributed by atoms with Crippen molar-refractivity contribution in [2.45, 2.75) is 13.1 Å². The zero-order valence-electron chi connectivity index (χ0n) is 19.1. The molecule has 3 aromatic heterocycles. The Labute approximate surface area is 203 Å². The molecule has 0 radical (unpaired) electrons. The number of nitrogens with zero attached hydrogens (tertiary/aromatic N) is 6. The average molecular weight is 492 g/mol. The molecule has 1 aromatic carbocycles. The molecule has 0 aliphatic carbocycles. The molecule has 0 spiro atoms. The maximum Gasteiger partial charge on any atom is 0.417 e. The van der Waals surface area contributed by atoms with Crippen molar-refractivity contribution in [3.8, 4) is 17.3 Å². The number of carbonyl (C=O) groups excluding carboxylic acids is 1. The number of aryl methyl sites for hydroxylation is 1. The summed E-state index contributed by atoms with van der Waals surface area (Å²) in [4.78, 5) is 25.7. The minimum absolute atomic E-state index is 0.00360. The van der Waals surface area contributed by atoms with E-state index < -0.39 is 11.7 Å². The minimum Gasteiger partial charge on any atom is -0.352 e. The molecule has 1 amide bonds. The van der Waals surface area contributed by atoms with Crippen molar-refractivity contribution in [2.24, 2.45) is 0 Å². The van der Waals surface area contributed by atoms with E-state index >= 15 is 0 Å². The number of alkyl halides is 3. The van der Waals surface area contributed by atoms with Gasteiger partial charge in [0.05, 0.1) is 33.5 Å². The number of hydrogen-bond donors (Lipinski definition) is 0. The van der Waals surface area contributed by atoms with Gasteiger partial charge in [0.1, 0.15) is 11.9 Å². The standard InChI is InChI=1S/C25H19F3N6O2/c1-15-21-18(24(35)34-11-9-33(10-12-34)22-16(14-29)5-4-8-30-22)13-20(31-23(21)36-32-15)17-6-2-3-7-19(17)25(26,27)28/h2-8,13H,9-12H2,1H3. The third-order valence-corrected chi connectivity index (χ3v) is 6.13. The van der Waals surface area contributed by atoms with Crippen molar-refractivity contribution >= 4 is 22.8 Å². The van der Waals surface area contributed by atoms with Gasteiger partial charge in [-0.05, 0) is 31.2 Å². The number of halogens is 3. The van der Waals surface area contributed by atoms with Crippen molar-refractivity contribution in [1.29, 1.82) is 5.26 Å². The molecular weight excluding hydrogens is 473 g/mol.